The van der Waals surface area contributed by atoms with E-state index in [1.807, 2.05) is 34.9 Å². The van der Waals surface area contributed by atoms with Crippen LogP contribution in [0.4, 0.5) is 5.95 Å². The number of carbonyl (C=O) groups excluding carboxylic acids is 1. The molecule has 0 spiro atoms. The lowest BCUT2D eigenvalue weighted by Gasteiger charge is -2.24. The lowest BCUT2D eigenvalue weighted by Crippen LogP contribution is -2.26. The van der Waals surface area contributed by atoms with Crippen molar-refractivity contribution in [2.45, 2.75) is 26.3 Å². The standard InChI is InChI=1S/C22H24N4O3/c1-22(2,3)26-18-9-7-6-8-15(18)24-21(26)25-20(27)17-12-14-16(23-17)10-13(28-4)11-19(14)29-5/h6-12,23H,1-5H3,(H,24,25,27). The van der Waals surface area contributed by atoms with Crippen molar-refractivity contribution in [3.63, 3.8) is 0 Å². The van der Waals surface area contributed by atoms with Crippen molar-refractivity contribution in [1.29, 1.82) is 0 Å². The number of benzene rings is 2. The van der Waals surface area contributed by atoms with E-state index in [1.54, 1.807) is 26.4 Å². The van der Waals surface area contributed by atoms with Gasteiger partial charge in [0, 0.05) is 23.1 Å². The van der Waals surface area contributed by atoms with Crippen molar-refractivity contribution in [2.24, 2.45) is 0 Å². The molecule has 0 aliphatic rings. The number of aromatic amines is 1. The molecule has 7 heteroatoms. The number of aromatic nitrogens is 3. The Morgan fingerprint density at radius 1 is 1.10 bits per heavy atom. The van der Waals surface area contributed by atoms with Gasteiger partial charge in [-0.25, -0.2) is 4.98 Å². The molecular weight excluding hydrogens is 368 g/mol. The fourth-order valence-corrected chi connectivity index (χ4v) is 3.55. The van der Waals surface area contributed by atoms with Crippen LogP contribution in [0.3, 0.4) is 0 Å². The van der Waals surface area contributed by atoms with Crippen LogP contribution in [0.2, 0.25) is 0 Å². The number of methoxy groups -OCH3 is 2. The van der Waals surface area contributed by atoms with Gasteiger partial charge < -0.3 is 19.0 Å². The summed E-state index contributed by atoms with van der Waals surface area (Å²) >= 11 is 0. The molecule has 2 aromatic carbocycles. The molecule has 0 fully saturated rings. The second kappa shape index (κ2) is 6.84. The Hall–Kier alpha value is -3.48. The van der Waals surface area contributed by atoms with Crippen LogP contribution in [-0.2, 0) is 5.54 Å². The van der Waals surface area contributed by atoms with Crippen molar-refractivity contribution in [1.82, 2.24) is 14.5 Å². The first-order valence-electron chi connectivity index (χ1n) is 9.36. The zero-order chi connectivity index (χ0) is 20.8. The maximum Gasteiger partial charge on any atom is 0.274 e. The van der Waals surface area contributed by atoms with Crippen LogP contribution in [0.25, 0.3) is 21.9 Å². The Morgan fingerprint density at radius 2 is 1.86 bits per heavy atom. The number of nitrogens with one attached hydrogen (secondary N) is 2. The van der Waals surface area contributed by atoms with Gasteiger partial charge in [0.05, 0.1) is 30.8 Å². The van der Waals surface area contributed by atoms with Gasteiger partial charge in [0.1, 0.15) is 17.2 Å². The van der Waals surface area contributed by atoms with E-state index in [9.17, 15) is 4.79 Å². The highest BCUT2D eigenvalue weighted by atomic mass is 16.5. The molecule has 2 N–H and O–H groups in total. The molecule has 4 aromatic rings. The maximum atomic E-state index is 13.0. The lowest BCUT2D eigenvalue weighted by molar-refractivity contribution is 0.102. The Morgan fingerprint density at radius 3 is 2.55 bits per heavy atom. The van der Waals surface area contributed by atoms with Crippen LogP contribution in [0.1, 0.15) is 31.3 Å². The van der Waals surface area contributed by atoms with E-state index in [0.29, 0.717) is 23.1 Å². The number of H-pyrrole nitrogens is 1. The molecule has 0 bridgehead atoms. The second-order valence-corrected chi connectivity index (χ2v) is 7.86. The van der Waals surface area contributed by atoms with Gasteiger partial charge in [-0.1, -0.05) is 12.1 Å². The van der Waals surface area contributed by atoms with Gasteiger partial charge in [0.2, 0.25) is 5.95 Å². The zero-order valence-corrected chi connectivity index (χ0v) is 17.2. The number of hydrogen-bond donors (Lipinski definition) is 2. The van der Waals surface area contributed by atoms with Crippen molar-refractivity contribution in [3.05, 3.63) is 48.2 Å². The number of ether oxygens (including phenoxy) is 2. The second-order valence-electron chi connectivity index (χ2n) is 7.86. The third-order valence-electron chi connectivity index (χ3n) is 4.83. The molecule has 2 heterocycles. The summed E-state index contributed by atoms with van der Waals surface area (Å²) in [6, 6.07) is 13.2. The number of anilines is 1. The van der Waals surface area contributed by atoms with Crippen molar-refractivity contribution in [3.8, 4) is 11.5 Å². The molecular formula is C22H24N4O3. The summed E-state index contributed by atoms with van der Waals surface area (Å²) < 4.78 is 12.8. The summed E-state index contributed by atoms with van der Waals surface area (Å²) in [4.78, 5) is 20.8. The number of rotatable bonds is 4. The molecule has 0 aliphatic heterocycles. The molecule has 0 unspecified atom stereocenters. The topological polar surface area (TPSA) is 81.2 Å². The minimum Gasteiger partial charge on any atom is -0.497 e. The first-order valence-corrected chi connectivity index (χ1v) is 9.36. The summed E-state index contributed by atoms with van der Waals surface area (Å²) in [7, 11) is 3.18. The highest BCUT2D eigenvalue weighted by molar-refractivity contribution is 6.06. The normalized spacial score (nSPS) is 11.8. The largest absolute Gasteiger partial charge is 0.497 e. The monoisotopic (exact) mass is 392 g/mol. The molecule has 0 saturated carbocycles. The van der Waals surface area contributed by atoms with E-state index in [0.717, 1.165) is 21.9 Å². The van der Waals surface area contributed by atoms with Crippen LogP contribution in [0.15, 0.2) is 42.5 Å². The lowest BCUT2D eigenvalue weighted by atomic mass is 10.1. The highest BCUT2D eigenvalue weighted by Crippen LogP contribution is 2.32. The van der Waals surface area contributed by atoms with Crippen LogP contribution >= 0.6 is 0 Å². The molecule has 0 saturated heterocycles. The van der Waals surface area contributed by atoms with E-state index in [4.69, 9.17) is 9.47 Å². The van der Waals surface area contributed by atoms with Crippen LogP contribution < -0.4 is 14.8 Å². The van der Waals surface area contributed by atoms with E-state index in [2.05, 4.69) is 36.1 Å². The van der Waals surface area contributed by atoms with Gasteiger partial charge in [-0.15, -0.1) is 0 Å². The minimum absolute atomic E-state index is 0.254. The van der Waals surface area contributed by atoms with Gasteiger partial charge in [0.15, 0.2) is 0 Å². The van der Waals surface area contributed by atoms with Gasteiger partial charge in [-0.2, -0.15) is 0 Å². The summed E-state index contributed by atoms with van der Waals surface area (Å²) in [5, 5.41) is 3.77. The number of nitrogens with zero attached hydrogens (tertiary/aromatic N) is 2. The summed E-state index contributed by atoms with van der Waals surface area (Å²) in [5.41, 5.74) is 2.73. The third kappa shape index (κ3) is 3.29. The summed E-state index contributed by atoms with van der Waals surface area (Å²) in [5.74, 6) is 1.52. The third-order valence-corrected chi connectivity index (χ3v) is 4.83. The Kier molecular flexibility index (Phi) is 4.45. The summed E-state index contributed by atoms with van der Waals surface area (Å²) in [6.07, 6.45) is 0. The van der Waals surface area contributed by atoms with E-state index >= 15 is 0 Å². The van der Waals surface area contributed by atoms with Crippen LogP contribution in [0, 0.1) is 0 Å². The predicted octanol–water partition coefficient (Wildman–Crippen LogP) is 4.54. The van der Waals surface area contributed by atoms with E-state index in [1.165, 1.54) is 0 Å². The molecule has 29 heavy (non-hydrogen) atoms. The molecule has 150 valence electrons. The van der Waals surface area contributed by atoms with Crippen molar-refractivity contribution < 1.29 is 14.3 Å². The number of para-hydroxylation sites is 2. The van der Waals surface area contributed by atoms with Crippen LogP contribution in [-0.4, -0.2) is 34.7 Å². The van der Waals surface area contributed by atoms with Gasteiger partial charge in [-0.05, 0) is 39.0 Å². The highest BCUT2D eigenvalue weighted by Gasteiger charge is 2.23. The number of hydrogen-bond acceptors (Lipinski definition) is 4. The first kappa shape index (κ1) is 18.9. The first-order chi connectivity index (χ1) is 13.8. The molecule has 0 radical (unpaired) electrons. The van der Waals surface area contributed by atoms with Gasteiger partial charge in [0.25, 0.3) is 5.91 Å². The smallest absolute Gasteiger partial charge is 0.274 e. The fourth-order valence-electron chi connectivity index (χ4n) is 3.55. The van der Waals surface area contributed by atoms with Crippen LogP contribution in [0.5, 0.6) is 11.5 Å². The molecule has 0 atom stereocenters. The average molecular weight is 392 g/mol. The van der Waals surface area contributed by atoms with E-state index < -0.39 is 0 Å². The number of imidazole rings is 1. The zero-order valence-electron chi connectivity index (χ0n) is 17.2. The maximum absolute atomic E-state index is 13.0. The SMILES string of the molecule is COc1cc(OC)c2cc(C(=O)Nc3nc4ccccc4n3C(C)(C)C)[nH]c2c1. The fraction of sp³-hybridized carbons (Fsp3) is 0.273. The summed E-state index contributed by atoms with van der Waals surface area (Å²) in [6.45, 7) is 6.24. The number of amides is 1. The van der Waals surface area contributed by atoms with Crippen molar-refractivity contribution in [2.75, 3.05) is 19.5 Å². The molecule has 7 nitrogen and oxygen atoms in total. The Balaban J connectivity index is 1.75. The predicted molar refractivity (Wildman–Crippen MR) is 114 cm³/mol. The van der Waals surface area contributed by atoms with E-state index in [-0.39, 0.29) is 11.4 Å². The van der Waals surface area contributed by atoms with Gasteiger partial charge >= 0.3 is 0 Å². The number of fused-ring (bicyclic) bond motifs is 2. The number of carbonyl (C=O) groups is 1. The Bertz CT molecular complexity index is 1210. The Labute approximate surface area is 168 Å². The molecule has 2 aromatic heterocycles. The quantitative estimate of drug-likeness (QED) is 0.534. The molecule has 1 amide bonds. The average Bonchev–Trinajstić information content (AvgIpc) is 3.27. The van der Waals surface area contributed by atoms with Crippen molar-refractivity contribution >= 4 is 33.8 Å². The van der Waals surface area contributed by atoms with Gasteiger partial charge in [-0.3, -0.25) is 10.1 Å². The molecule has 0 aliphatic carbocycles. The minimum atomic E-state index is -0.275. The molecule has 4 rings (SSSR count).